The molecule has 2 fully saturated rings. The third kappa shape index (κ3) is 2.52. The minimum Gasteiger partial charge on any atom is -0.361 e. The molecule has 124 valence electrons. The van der Waals surface area contributed by atoms with Crippen molar-refractivity contribution in [3.05, 3.63) is 36.0 Å². The van der Waals surface area contributed by atoms with Crippen LogP contribution in [0.1, 0.15) is 57.4 Å². The lowest BCUT2D eigenvalue weighted by molar-refractivity contribution is 0.124. The van der Waals surface area contributed by atoms with Gasteiger partial charge in [-0.3, -0.25) is 4.90 Å². The number of fused-ring (bicyclic) bond motifs is 3. The van der Waals surface area contributed by atoms with E-state index in [0.29, 0.717) is 0 Å². The van der Waals surface area contributed by atoms with Crippen LogP contribution in [-0.4, -0.2) is 29.0 Å². The molecule has 2 aliphatic carbocycles. The summed E-state index contributed by atoms with van der Waals surface area (Å²) in [5.41, 5.74) is 2.90. The fourth-order valence-corrected chi connectivity index (χ4v) is 5.58. The molecule has 0 saturated heterocycles. The molecule has 2 aliphatic rings. The van der Waals surface area contributed by atoms with E-state index in [4.69, 9.17) is 0 Å². The van der Waals surface area contributed by atoms with Gasteiger partial charge in [0.2, 0.25) is 0 Å². The van der Waals surface area contributed by atoms with Crippen molar-refractivity contribution in [2.24, 2.45) is 11.8 Å². The fraction of sp³-hybridized carbons (Fsp3) is 0.619. The number of aromatic nitrogens is 1. The fourth-order valence-electron chi connectivity index (χ4n) is 5.58. The molecule has 2 saturated carbocycles. The molecule has 2 aromatic rings. The van der Waals surface area contributed by atoms with E-state index in [1.54, 1.807) is 5.56 Å². The van der Waals surface area contributed by atoms with Crippen LogP contribution in [0.5, 0.6) is 0 Å². The molecule has 2 nitrogen and oxygen atoms in total. The SMILES string of the molecule is CCCN(CCC)[C@@H]1[C@@H]2CC[C@@H](C2)[C@H]1c1c[nH]c2ccccc12. The summed E-state index contributed by atoms with van der Waals surface area (Å²) in [6.45, 7) is 7.19. The number of H-pyrrole nitrogens is 1. The van der Waals surface area contributed by atoms with Gasteiger partial charge < -0.3 is 4.98 Å². The predicted molar refractivity (Wildman–Crippen MR) is 97.8 cm³/mol. The lowest BCUT2D eigenvalue weighted by Gasteiger charge is -2.40. The van der Waals surface area contributed by atoms with Gasteiger partial charge in [0.1, 0.15) is 0 Å². The Balaban J connectivity index is 1.72. The summed E-state index contributed by atoms with van der Waals surface area (Å²) >= 11 is 0. The Morgan fingerprint density at radius 3 is 2.57 bits per heavy atom. The molecule has 0 spiro atoms. The molecule has 4 rings (SSSR count). The number of aromatic amines is 1. The van der Waals surface area contributed by atoms with Crippen LogP contribution < -0.4 is 0 Å². The maximum atomic E-state index is 3.53. The van der Waals surface area contributed by atoms with Crippen LogP contribution in [-0.2, 0) is 0 Å². The summed E-state index contributed by atoms with van der Waals surface area (Å²) in [4.78, 5) is 6.36. The van der Waals surface area contributed by atoms with Gasteiger partial charge >= 0.3 is 0 Å². The highest BCUT2D eigenvalue weighted by molar-refractivity contribution is 5.83. The van der Waals surface area contributed by atoms with Crippen LogP contribution >= 0.6 is 0 Å². The lowest BCUT2D eigenvalue weighted by Crippen LogP contribution is -2.44. The Morgan fingerprint density at radius 1 is 1.04 bits per heavy atom. The molecule has 2 heteroatoms. The highest BCUT2D eigenvalue weighted by atomic mass is 15.2. The maximum absolute atomic E-state index is 3.53. The van der Waals surface area contributed by atoms with E-state index in [1.165, 1.54) is 56.1 Å². The standard InChI is InChI=1S/C21H30N2/c1-3-11-23(12-4-2)21-16-10-9-15(13-16)20(21)18-14-22-19-8-6-5-7-17(18)19/h5-8,14-16,20-22H,3-4,9-13H2,1-2H3/t15-,16+,20-,21+/m0/s1. The Bertz CT molecular complexity index is 653. The lowest BCUT2D eigenvalue weighted by atomic mass is 9.78. The van der Waals surface area contributed by atoms with Crippen molar-refractivity contribution in [3.8, 4) is 0 Å². The van der Waals surface area contributed by atoms with E-state index in [2.05, 4.69) is 54.2 Å². The predicted octanol–water partition coefficient (Wildman–Crippen LogP) is 5.17. The minimum atomic E-state index is 0.739. The van der Waals surface area contributed by atoms with Crippen LogP contribution in [0.2, 0.25) is 0 Å². The van der Waals surface area contributed by atoms with Crippen molar-refractivity contribution in [2.45, 2.75) is 57.9 Å². The molecule has 1 aromatic heterocycles. The summed E-state index contributed by atoms with van der Waals surface area (Å²) in [5.74, 6) is 2.57. The van der Waals surface area contributed by atoms with Gasteiger partial charge in [-0.25, -0.2) is 0 Å². The maximum Gasteiger partial charge on any atom is 0.0456 e. The average Bonchev–Trinajstić information content (AvgIpc) is 3.28. The van der Waals surface area contributed by atoms with Crippen molar-refractivity contribution in [2.75, 3.05) is 13.1 Å². The normalized spacial score (nSPS) is 29.9. The van der Waals surface area contributed by atoms with E-state index in [1.807, 2.05) is 0 Å². The first-order valence-corrected chi connectivity index (χ1v) is 9.63. The first-order chi connectivity index (χ1) is 11.3. The van der Waals surface area contributed by atoms with E-state index >= 15 is 0 Å². The molecule has 1 heterocycles. The van der Waals surface area contributed by atoms with Crippen LogP contribution in [0.3, 0.4) is 0 Å². The van der Waals surface area contributed by atoms with Crippen LogP contribution in [0.25, 0.3) is 10.9 Å². The molecule has 0 radical (unpaired) electrons. The van der Waals surface area contributed by atoms with Gasteiger partial charge in [-0.1, -0.05) is 32.0 Å². The third-order valence-electron chi connectivity index (χ3n) is 6.30. The molecular formula is C21H30N2. The number of hydrogen-bond donors (Lipinski definition) is 1. The topological polar surface area (TPSA) is 19.0 Å². The van der Waals surface area contributed by atoms with Gasteiger partial charge in [-0.05, 0) is 68.7 Å². The number of para-hydroxylation sites is 1. The summed E-state index contributed by atoms with van der Waals surface area (Å²) in [5, 5.41) is 1.46. The Hall–Kier alpha value is -1.28. The number of nitrogens with zero attached hydrogens (tertiary/aromatic N) is 1. The van der Waals surface area contributed by atoms with Gasteiger partial charge in [0.25, 0.3) is 0 Å². The van der Waals surface area contributed by atoms with Crippen molar-refractivity contribution < 1.29 is 0 Å². The van der Waals surface area contributed by atoms with E-state index in [9.17, 15) is 0 Å². The third-order valence-corrected chi connectivity index (χ3v) is 6.30. The number of nitrogens with one attached hydrogen (secondary N) is 1. The molecule has 2 bridgehead atoms. The minimum absolute atomic E-state index is 0.739. The van der Waals surface area contributed by atoms with Crippen molar-refractivity contribution in [1.29, 1.82) is 0 Å². The zero-order chi connectivity index (χ0) is 15.8. The van der Waals surface area contributed by atoms with Crippen LogP contribution in [0, 0.1) is 11.8 Å². The van der Waals surface area contributed by atoms with E-state index in [-0.39, 0.29) is 0 Å². The largest absolute Gasteiger partial charge is 0.361 e. The van der Waals surface area contributed by atoms with Gasteiger partial charge in [0.05, 0.1) is 0 Å². The van der Waals surface area contributed by atoms with Crippen molar-refractivity contribution in [1.82, 2.24) is 9.88 Å². The molecule has 0 amide bonds. The molecule has 0 aliphatic heterocycles. The van der Waals surface area contributed by atoms with Gasteiger partial charge in [-0.15, -0.1) is 0 Å². The van der Waals surface area contributed by atoms with Gasteiger partial charge in [0, 0.05) is 29.1 Å². The summed E-state index contributed by atoms with van der Waals surface area (Å²) in [7, 11) is 0. The van der Waals surface area contributed by atoms with E-state index in [0.717, 1.165) is 23.8 Å². The molecular weight excluding hydrogens is 280 g/mol. The number of rotatable bonds is 6. The monoisotopic (exact) mass is 310 g/mol. The highest BCUT2D eigenvalue weighted by Gasteiger charge is 2.50. The first-order valence-electron chi connectivity index (χ1n) is 9.63. The summed E-state index contributed by atoms with van der Waals surface area (Å²) < 4.78 is 0. The van der Waals surface area contributed by atoms with Gasteiger partial charge in [0.15, 0.2) is 0 Å². The first kappa shape index (κ1) is 15.3. The molecule has 1 aromatic carbocycles. The number of benzene rings is 1. The highest BCUT2D eigenvalue weighted by Crippen LogP contribution is 2.55. The Kier molecular flexibility index (Phi) is 4.19. The zero-order valence-electron chi connectivity index (χ0n) is 14.6. The van der Waals surface area contributed by atoms with Crippen LogP contribution in [0.15, 0.2) is 30.5 Å². The summed E-state index contributed by atoms with van der Waals surface area (Å²) in [6, 6.07) is 9.64. The molecule has 1 N–H and O–H groups in total. The Labute approximate surface area is 140 Å². The zero-order valence-corrected chi connectivity index (χ0v) is 14.6. The number of hydrogen-bond acceptors (Lipinski definition) is 1. The molecule has 4 atom stereocenters. The molecule has 23 heavy (non-hydrogen) atoms. The van der Waals surface area contributed by atoms with Gasteiger partial charge in [-0.2, -0.15) is 0 Å². The molecule has 0 unspecified atom stereocenters. The van der Waals surface area contributed by atoms with Crippen molar-refractivity contribution in [3.63, 3.8) is 0 Å². The van der Waals surface area contributed by atoms with Crippen molar-refractivity contribution >= 4 is 10.9 Å². The van der Waals surface area contributed by atoms with Crippen LogP contribution in [0.4, 0.5) is 0 Å². The quantitative estimate of drug-likeness (QED) is 0.779. The summed E-state index contributed by atoms with van der Waals surface area (Å²) in [6.07, 6.45) is 9.22. The Morgan fingerprint density at radius 2 is 1.78 bits per heavy atom. The smallest absolute Gasteiger partial charge is 0.0456 e. The second kappa shape index (κ2) is 6.32. The average molecular weight is 310 g/mol. The second-order valence-electron chi connectivity index (χ2n) is 7.68. The second-order valence-corrected chi connectivity index (χ2v) is 7.68. The van der Waals surface area contributed by atoms with E-state index < -0.39 is 0 Å².